The van der Waals surface area contributed by atoms with E-state index in [0.717, 1.165) is 67.5 Å². The Kier molecular flexibility index (Phi) is 5.76. The first-order valence-electron chi connectivity index (χ1n) is 12.1. The number of fused-ring (bicyclic) bond motifs is 1. The van der Waals surface area contributed by atoms with Crippen molar-refractivity contribution in [3.63, 3.8) is 0 Å². The van der Waals surface area contributed by atoms with Crippen LogP contribution in [0.3, 0.4) is 0 Å². The molecule has 1 aromatic carbocycles. The van der Waals surface area contributed by atoms with E-state index in [-0.39, 0.29) is 11.6 Å². The Morgan fingerprint density at radius 1 is 1.12 bits per heavy atom. The number of aryl methyl sites for hydroxylation is 1. The summed E-state index contributed by atoms with van der Waals surface area (Å²) in [7, 11) is 0. The van der Waals surface area contributed by atoms with E-state index in [9.17, 15) is 10.1 Å². The van der Waals surface area contributed by atoms with Crippen molar-refractivity contribution in [2.45, 2.75) is 70.4 Å². The fourth-order valence-corrected chi connectivity index (χ4v) is 5.62. The molecule has 0 bridgehead atoms. The first kappa shape index (κ1) is 21.8. The molecular weight excluding hydrogens is 410 g/mol. The van der Waals surface area contributed by atoms with Crippen LogP contribution in [0.1, 0.15) is 67.0 Å². The molecule has 0 unspecified atom stereocenters. The van der Waals surface area contributed by atoms with Crippen molar-refractivity contribution in [2.24, 2.45) is 0 Å². The van der Waals surface area contributed by atoms with Crippen LogP contribution in [-0.4, -0.2) is 32.5 Å². The number of hydrogen-bond donors (Lipinski definition) is 0. The van der Waals surface area contributed by atoms with Gasteiger partial charge in [-0.2, -0.15) is 5.26 Å². The van der Waals surface area contributed by atoms with Crippen LogP contribution in [0, 0.1) is 25.2 Å². The zero-order chi connectivity index (χ0) is 23.0. The van der Waals surface area contributed by atoms with E-state index in [4.69, 9.17) is 4.98 Å². The van der Waals surface area contributed by atoms with Crippen LogP contribution in [0.2, 0.25) is 0 Å². The molecule has 1 saturated heterocycles. The van der Waals surface area contributed by atoms with Gasteiger partial charge >= 0.3 is 0 Å². The molecule has 170 valence electrons. The Morgan fingerprint density at radius 2 is 1.88 bits per heavy atom. The van der Waals surface area contributed by atoms with Crippen molar-refractivity contribution in [3.8, 4) is 6.07 Å². The molecule has 3 heterocycles. The molecule has 2 fully saturated rings. The van der Waals surface area contributed by atoms with Gasteiger partial charge in [0.1, 0.15) is 5.41 Å². The van der Waals surface area contributed by atoms with Crippen LogP contribution in [0.15, 0.2) is 41.6 Å². The minimum atomic E-state index is -0.509. The fraction of sp³-hybridized carbons (Fsp3) is 0.481. The fourth-order valence-electron chi connectivity index (χ4n) is 5.62. The molecule has 0 amide bonds. The lowest BCUT2D eigenvalue weighted by Gasteiger charge is -2.37. The molecule has 0 N–H and O–H groups in total. The summed E-state index contributed by atoms with van der Waals surface area (Å²) in [5, 5.41) is 10.7. The molecule has 33 heavy (non-hydrogen) atoms. The lowest BCUT2D eigenvalue weighted by molar-refractivity contribution is 0.177. The zero-order valence-electron chi connectivity index (χ0n) is 19.5. The number of piperidine rings is 1. The van der Waals surface area contributed by atoms with Crippen molar-refractivity contribution in [3.05, 3.63) is 69.5 Å². The summed E-state index contributed by atoms with van der Waals surface area (Å²) in [6.07, 6.45) is 9.57. The molecule has 0 spiro atoms. The largest absolute Gasteiger partial charge is 0.299 e. The summed E-state index contributed by atoms with van der Waals surface area (Å²) >= 11 is 0. The highest BCUT2D eigenvalue weighted by atomic mass is 16.1. The number of pyridine rings is 1. The van der Waals surface area contributed by atoms with Crippen LogP contribution in [0.4, 0.5) is 0 Å². The van der Waals surface area contributed by atoms with Gasteiger partial charge in [-0.3, -0.25) is 19.2 Å². The smallest absolute Gasteiger partial charge is 0.261 e. The Labute approximate surface area is 194 Å². The molecule has 1 aliphatic heterocycles. The maximum absolute atomic E-state index is 13.4. The Hall–Kier alpha value is -3.04. The minimum absolute atomic E-state index is 0.0912. The van der Waals surface area contributed by atoms with E-state index >= 15 is 0 Å². The van der Waals surface area contributed by atoms with E-state index in [0.29, 0.717) is 0 Å². The third-order valence-corrected chi connectivity index (χ3v) is 7.94. The summed E-state index contributed by atoms with van der Waals surface area (Å²) in [6.45, 7) is 6.65. The molecule has 0 radical (unpaired) electrons. The van der Waals surface area contributed by atoms with E-state index in [1.165, 1.54) is 24.0 Å². The Balaban J connectivity index is 1.41. The highest BCUT2D eigenvalue weighted by Crippen LogP contribution is 2.35. The molecule has 5 rings (SSSR count). The first-order valence-corrected chi connectivity index (χ1v) is 12.1. The Morgan fingerprint density at radius 3 is 2.55 bits per heavy atom. The molecule has 6 heteroatoms. The summed E-state index contributed by atoms with van der Waals surface area (Å²) in [6, 6.07) is 10.7. The maximum atomic E-state index is 13.4. The van der Waals surface area contributed by atoms with E-state index in [2.05, 4.69) is 35.9 Å². The van der Waals surface area contributed by atoms with Gasteiger partial charge in [-0.05, 0) is 74.4 Å². The summed E-state index contributed by atoms with van der Waals surface area (Å²) in [4.78, 5) is 25.0. The lowest BCUT2D eigenvalue weighted by atomic mass is 9.76. The van der Waals surface area contributed by atoms with Crippen molar-refractivity contribution < 1.29 is 0 Å². The second-order valence-electron chi connectivity index (χ2n) is 9.76. The number of nitriles is 1. The van der Waals surface area contributed by atoms with Gasteiger partial charge in [0, 0.05) is 31.9 Å². The summed E-state index contributed by atoms with van der Waals surface area (Å²) < 4.78 is 1.86. The monoisotopic (exact) mass is 441 g/mol. The average molecular weight is 442 g/mol. The number of likely N-dealkylation sites (tertiary alicyclic amines) is 1. The average Bonchev–Trinajstić information content (AvgIpc) is 3.39. The number of benzene rings is 1. The molecule has 2 aromatic heterocycles. The van der Waals surface area contributed by atoms with Gasteiger partial charge in [0.05, 0.1) is 29.0 Å². The van der Waals surface area contributed by atoms with Crippen molar-refractivity contribution in [2.75, 3.05) is 13.1 Å². The lowest BCUT2D eigenvalue weighted by Crippen LogP contribution is -2.42. The van der Waals surface area contributed by atoms with Crippen LogP contribution >= 0.6 is 0 Å². The second-order valence-corrected chi connectivity index (χ2v) is 9.76. The second kappa shape index (κ2) is 8.72. The van der Waals surface area contributed by atoms with E-state index < -0.39 is 5.41 Å². The number of hydrogen-bond acceptors (Lipinski definition) is 5. The maximum Gasteiger partial charge on any atom is 0.261 e. The van der Waals surface area contributed by atoms with E-state index in [1.54, 1.807) is 12.5 Å². The predicted octanol–water partition coefficient (Wildman–Crippen LogP) is 4.58. The molecule has 0 atom stereocenters. The number of nitrogens with zero attached hydrogens (tertiary/aromatic N) is 5. The topological polar surface area (TPSA) is 74.8 Å². The normalized spacial score (nSPS) is 19.1. The zero-order valence-corrected chi connectivity index (χ0v) is 19.5. The van der Waals surface area contributed by atoms with Crippen LogP contribution in [-0.2, 0) is 12.0 Å². The predicted molar refractivity (Wildman–Crippen MR) is 129 cm³/mol. The van der Waals surface area contributed by atoms with Crippen LogP contribution in [0.5, 0.6) is 0 Å². The van der Waals surface area contributed by atoms with Crippen molar-refractivity contribution in [1.29, 1.82) is 5.26 Å². The third-order valence-electron chi connectivity index (χ3n) is 7.94. The molecular formula is C27H31N5O. The van der Waals surface area contributed by atoms with Gasteiger partial charge in [0.15, 0.2) is 0 Å². The van der Waals surface area contributed by atoms with Crippen molar-refractivity contribution in [1.82, 2.24) is 19.4 Å². The quantitative estimate of drug-likeness (QED) is 0.592. The minimum Gasteiger partial charge on any atom is -0.299 e. The summed E-state index contributed by atoms with van der Waals surface area (Å²) in [5.74, 6) is 0. The highest BCUT2D eigenvalue weighted by molar-refractivity contribution is 5.83. The van der Waals surface area contributed by atoms with Gasteiger partial charge in [-0.25, -0.2) is 4.98 Å². The van der Waals surface area contributed by atoms with Crippen LogP contribution in [0.25, 0.3) is 10.9 Å². The van der Waals surface area contributed by atoms with Crippen molar-refractivity contribution >= 4 is 10.9 Å². The van der Waals surface area contributed by atoms with E-state index in [1.807, 2.05) is 22.8 Å². The van der Waals surface area contributed by atoms with Gasteiger partial charge in [-0.15, -0.1) is 0 Å². The van der Waals surface area contributed by atoms with Crippen LogP contribution < -0.4 is 5.56 Å². The SMILES string of the molecule is Cc1c(CN2CCC(C#N)(c3ccccn3)CC2)cc2c(=O)n(C3CCCC3)cnc2c1C. The highest BCUT2D eigenvalue weighted by Gasteiger charge is 2.37. The standard InChI is InChI=1S/C27H31N5O/c1-19-20(2)25-23(26(33)32(18-30-25)22-7-3-4-8-22)15-21(19)16-31-13-10-27(17-28,11-14-31)24-9-5-6-12-29-24/h5-6,9,12,15,18,22H,3-4,7-8,10-11,13-14,16H2,1-2H3. The number of aromatic nitrogens is 3. The number of rotatable bonds is 4. The molecule has 6 nitrogen and oxygen atoms in total. The van der Waals surface area contributed by atoms with Gasteiger partial charge in [0.2, 0.25) is 0 Å². The third kappa shape index (κ3) is 3.85. The molecule has 1 saturated carbocycles. The van der Waals surface area contributed by atoms with Gasteiger partial charge < -0.3 is 0 Å². The Bertz CT molecular complexity index is 1260. The molecule has 3 aromatic rings. The first-order chi connectivity index (χ1) is 16.0. The van der Waals surface area contributed by atoms with Gasteiger partial charge in [-0.1, -0.05) is 18.9 Å². The molecule has 1 aliphatic carbocycles. The molecule has 2 aliphatic rings. The summed E-state index contributed by atoms with van der Waals surface area (Å²) in [5.41, 5.74) is 4.77. The van der Waals surface area contributed by atoms with Gasteiger partial charge in [0.25, 0.3) is 5.56 Å².